The van der Waals surface area contributed by atoms with E-state index < -0.39 is 0 Å². The molecule has 0 fully saturated rings. The van der Waals surface area contributed by atoms with Gasteiger partial charge in [-0.25, -0.2) is 0 Å². The lowest BCUT2D eigenvalue weighted by Gasteiger charge is -1.52. The number of hydrogen-bond donors (Lipinski definition) is 0. The van der Waals surface area contributed by atoms with Gasteiger partial charge in [-0.2, -0.15) is 4.91 Å². The van der Waals surface area contributed by atoms with E-state index in [9.17, 15) is 0 Å². The quantitative estimate of drug-likeness (QED) is 0.450. The lowest BCUT2D eigenvalue weighted by molar-refractivity contribution is 1.12. The second-order valence-electron chi connectivity index (χ2n) is 0.445. The van der Waals surface area contributed by atoms with Crippen LogP contribution in [0.15, 0.2) is 5.18 Å². The minimum Gasteiger partial charge on any atom is -0.151 e. The van der Waals surface area contributed by atoms with Crippen molar-refractivity contribution >= 4 is 12.4 Å². The number of hydrogen-bond acceptors (Lipinski definition) is 2. The van der Waals surface area contributed by atoms with Crippen LogP contribution in [0.2, 0.25) is 0 Å². The lowest BCUT2D eigenvalue weighted by atomic mass is 10.8. The topological polar surface area (TPSA) is 29.4 Å². The SMILES string of the molecule is CCN=O.Cl. The van der Waals surface area contributed by atoms with Crippen molar-refractivity contribution in [2.45, 2.75) is 6.92 Å². The molecule has 0 saturated carbocycles. The zero-order valence-corrected chi connectivity index (χ0v) is 3.79. The first kappa shape index (κ1) is 8.86. The van der Waals surface area contributed by atoms with Crippen molar-refractivity contribution in [1.82, 2.24) is 0 Å². The van der Waals surface area contributed by atoms with E-state index in [4.69, 9.17) is 4.91 Å². The Morgan fingerprint density at radius 3 is 2.00 bits per heavy atom. The molecule has 0 radical (unpaired) electrons. The van der Waals surface area contributed by atoms with Crippen LogP contribution in [-0.4, -0.2) is 6.54 Å². The van der Waals surface area contributed by atoms with Crippen LogP contribution in [0, 0.1) is 4.91 Å². The summed E-state index contributed by atoms with van der Waals surface area (Å²) in [5, 5.41) is 2.49. The van der Waals surface area contributed by atoms with Crippen molar-refractivity contribution in [2.24, 2.45) is 5.18 Å². The minimum atomic E-state index is 0. The van der Waals surface area contributed by atoms with Gasteiger partial charge in [0.25, 0.3) is 0 Å². The molecule has 0 heterocycles. The van der Waals surface area contributed by atoms with Gasteiger partial charge in [-0.3, -0.25) is 0 Å². The molecule has 2 nitrogen and oxygen atoms in total. The lowest BCUT2D eigenvalue weighted by Crippen LogP contribution is -1.52. The Bertz CT molecular complexity index is 23.6. The van der Waals surface area contributed by atoms with Gasteiger partial charge < -0.3 is 0 Å². The fourth-order valence-electron chi connectivity index (χ4n) is 0. The number of nitrogens with zero attached hydrogens (tertiary/aromatic N) is 1. The Kier molecular flexibility index (Phi) is 16.1. The van der Waals surface area contributed by atoms with Gasteiger partial charge in [-0.15, -0.1) is 12.4 Å². The first-order valence-electron chi connectivity index (χ1n) is 1.21. The summed E-state index contributed by atoms with van der Waals surface area (Å²) in [5.41, 5.74) is 0. The van der Waals surface area contributed by atoms with Crippen LogP contribution < -0.4 is 0 Å². The van der Waals surface area contributed by atoms with Crippen molar-refractivity contribution in [1.29, 1.82) is 0 Å². The van der Waals surface area contributed by atoms with E-state index in [1.165, 1.54) is 0 Å². The van der Waals surface area contributed by atoms with Crippen molar-refractivity contribution in [2.75, 3.05) is 6.54 Å². The van der Waals surface area contributed by atoms with Crippen LogP contribution in [0.4, 0.5) is 0 Å². The summed E-state index contributed by atoms with van der Waals surface area (Å²) in [5.74, 6) is 0. The molecule has 0 aliphatic heterocycles. The van der Waals surface area contributed by atoms with Gasteiger partial charge >= 0.3 is 0 Å². The third-order valence-electron chi connectivity index (χ3n) is 0.129. The van der Waals surface area contributed by atoms with Gasteiger partial charge in [0.15, 0.2) is 0 Å². The molecule has 0 rings (SSSR count). The third kappa shape index (κ3) is 17.5. The number of nitroso groups, excluding NO2 is 1. The fraction of sp³-hybridized carbons (Fsp3) is 1.00. The summed E-state index contributed by atoms with van der Waals surface area (Å²) in [7, 11) is 0. The minimum absolute atomic E-state index is 0. The van der Waals surface area contributed by atoms with E-state index in [0.717, 1.165) is 0 Å². The molecule has 0 aromatic heterocycles. The highest BCUT2D eigenvalue weighted by Gasteiger charge is 1.51. The molecule has 5 heavy (non-hydrogen) atoms. The molecule has 0 unspecified atom stereocenters. The second-order valence-corrected chi connectivity index (χ2v) is 0.445. The molecule has 3 heteroatoms. The van der Waals surface area contributed by atoms with Crippen LogP contribution in [0.25, 0.3) is 0 Å². The molecule has 0 aromatic rings. The Balaban J connectivity index is 0. The van der Waals surface area contributed by atoms with Crippen LogP contribution in [-0.2, 0) is 0 Å². The van der Waals surface area contributed by atoms with Gasteiger partial charge in [0.1, 0.15) is 0 Å². The van der Waals surface area contributed by atoms with E-state index >= 15 is 0 Å². The van der Waals surface area contributed by atoms with Gasteiger partial charge in [-0.1, -0.05) is 5.18 Å². The maximum Gasteiger partial charge on any atom is 0.0783 e. The summed E-state index contributed by atoms with van der Waals surface area (Å²) in [4.78, 5) is 8.92. The summed E-state index contributed by atoms with van der Waals surface area (Å²) < 4.78 is 0. The van der Waals surface area contributed by atoms with Gasteiger partial charge in [-0.05, 0) is 6.92 Å². The second kappa shape index (κ2) is 9.10. The summed E-state index contributed by atoms with van der Waals surface area (Å²) >= 11 is 0. The Labute approximate surface area is 37.0 Å². The molecule has 0 aromatic carbocycles. The summed E-state index contributed by atoms with van der Waals surface area (Å²) in [6.07, 6.45) is 0. The molecule has 0 aliphatic carbocycles. The molecule has 0 atom stereocenters. The maximum absolute atomic E-state index is 8.92. The molecule has 0 N–H and O–H groups in total. The first-order chi connectivity index (χ1) is 1.91. The highest BCUT2D eigenvalue weighted by atomic mass is 35.5. The predicted octanol–water partition coefficient (Wildman–Crippen LogP) is 1.19. The zero-order chi connectivity index (χ0) is 3.41. The number of rotatable bonds is 1. The van der Waals surface area contributed by atoms with E-state index in [0.29, 0.717) is 6.54 Å². The largest absolute Gasteiger partial charge is 0.151 e. The molecule has 0 spiro atoms. The summed E-state index contributed by atoms with van der Waals surface area (Å²) in [6.45, 7) is 2.09. The monoisotopic (exact) mass is 95.0 g/mol. The molecular weight excluding hydrogens is 89.5 g/mol. The van der Waals surface area contributed by atoms with E-state index in [-0.39, 0.29) is 12.4 Å². The maximum atomic E-state index is 8.92. The average Bonchev–Trinajstić information content (AvgIpc) is 1.37. The highest BCUT2D eigenvalue weighted by Crippen LogP contribution is 1.52. The molecule has 0 bridgehead atoms. The van der Waals surface area contributed by atoms with Crippen molar-refractivity contribution in [3.05, 3.63) is 4.91 Å². The van der Waals surface area contributed by atoms with E-state index in [1.54, 1.807) is 6.92 Å². The molecule has 0 amide bonds. The predicted molar refractivity (Wildman–Crippen MR) is 23.6 cm³/mol. The molecular formula is C2H6ClNO. The zero-order valence-electron chi connectivity index (χ0n) is 2.97. The van der Waals surface area contributed by atoms with Crippen molar-refractivity contribution < 1.29 is 0 Å². The third-order valence-corrected chi connectivity index (χ3v) is 0.129. The van der Waals surface area contributed by atoms with Gasteiger partial charge in [0.05, 0.1) is 6.54 Å². The number of halogens is 1. The Morgan fingerprint density at radius 2 is 2.00 bits per heavy atom. The average molecular weight is 95.5 g/mol. The van der Waals surface area contributed by atoms with Crippen molar-refractivity contribution in [3.63, 3.8) is 0 Å². The van der Waals surface area contributed by atoms with Crippen LogP contribution in [0.5, 0.6) is 0 Å². The summed E-state index contributed by atoms with van der Waals surface area (Å²) in [6, 6.07) is 0. The normalized spacial score (nSPS) is 5.00. The smallest absolute Gasteiger partial charge is 0.0783 e. The van der Waals surface area contributed by atoms with Gasteiger partial charge in [0.2, 0.25) is 0 Å². The van der Waals surface area contributed by atoms with Crippen LogP contribution in [0.3, 0.4) is 0 Å². The molecule has 0 saturated heterocycles. The Hall–Kier alpha value is -0.110. The highest BCUT2D eigenvalue weighted by molar-refractivity contribution is 5.85. The van der Waals surface area contributed by atoms with E-state index in [2.05, 4.69) is 5.18 Å². The van der Waals surface area contributed by atoms with Crippen LogP contribution in [0.1, 0.15) is 6.92 Å². The van der Waals surface area contributed by atoms with E-state index in [1.807, 2.05) is 0 Å². The standard InChI is InChI=1S/C2H5NO.ClH/c1-2-3-4;/h2H2,1H3;1H. The molecule has 0 aliphatic rings. The fourth-order valence-corrected chi connectivity index (χ4v) is 0. The van der Waals surface area contributed by atoms with Crippen molar-refractivity contribution in [3.8, 4) is 0 Å². The first-order valence-corrected chi connectivity index (χ1v) is 1.21. The van der Waals surface area contributed by atoms with Crippen LogP contribution >= 0.6 is 12.4 Å². The van der Waals surface area contributed by atoms with Gasteiger partial charge in [0, 0.05) is 0 Å². The molecule has 32 valence electrons. The Morgan fingerprint density at radius 1 is 1.80 bits per heavy atom.